The fourth-order valence-electron chi connectivity index (χ4n) is 3.08. The van der Waals surface area contributed by atoms with Gasteiger partial charge in [0.15, 0.2) is 0 Å². The topological polar surface area (TPSA) is 41.6 Å². The van der Waals surface area contributed by atoms with Gasteiger partial charge in [0.05, 0.1) is 24.4 Å². The molecule has 0 bridgehead atoms. The van der Waals surface area contributed by atoms with Gasteiger partial charge in [-0.3, -0.25) is 9.69 Å². The van der Waals surface area contributed by atoms with Crippen molar-refractivity contribution in [1.29, 1.82) is 0 Å². The van der Waals surface area contributed by atoms with Gasteiger partial charge in [-0.25, -0.2) is 0 Å². The van der Waals surface area contributed by atoms with Crippen molar-refractivity contribution >= 4 is 23.4 Å². The van der Waals surface area contributed by atoms with Crippen LogP contribution in [0.1, 0.15) is 13.8 Å². The van der Waals surface area contributed by atoms with Gasteiger partial charge in [0.1, 0.15) is 0 Å². The molecule has 0 unspecified atom stereocenters. The molecule has 0 radical (unpaired) electrons. The molecule has 0 saturated carbocycles. The highest BCUT2D eigenvalue weighted by Crippen LogP contribution is 2.33. The van der Waals surface area contributed by atoms with Crippen molar-refractivity contribution in [2.24, 2.45) is 0 Å². The van der Waals surface area contributed by atoms with Gasteiger partial charge in [0.25, 0.3) is 0 Å². The molecular formula is C20H24N2O2S. The second kappa shape index (κ2) is 8.52. The van der Waals surface area contributed by atoms with E-state index in [-0.39, 0.29) is 18.1 Å². The Balaban J connectivity index is 1.63. The Morgan fingerprint density at radius 3 is 2.44 bits per heavy atom. The van der Waals surface area contributed by atoms with Gasteiger partial charge in [-0.1, -0.05) is 42.1 Å². The molecule has 25 heavy (non-hydrogen) atoms. The summed E-state index contributed by atoms with van der Waals surface area (Å²) in [5.41, 5.74) is 0.857. The summed E-state index contributed by atoms with van der Waals surface area (Å²) in [5.74, 6) is 0.0161. The molecule has 1 aliphatic rings. The van der Waals surface area contributed by atoms with Gasteiger partial charge in [-0.05, 0) is 38.1 Å². The van der Waals surface area contributed by atoms with E-state index >= 15 is 0 Å². The number of hydrogen-bond donors (Lipinski definition) is 1. The smallest absolute Gasteiger partial charge is 0.238 e. The summed E-state index contributed by atoms with van der Waals surface area (Å²) in [7, 11) is 0. The Kier molecular flexibility index (Phi) is 6.13. The zero-order chi connectivity index (χ0) is 17.6. The van der Waals surface area contributed by atoms with Crippen LogP contribution in [0.5, 0.6) is 0 Å². The highest BCUT2D eigenvalue weighted by Gasteiger charge is 2.23. The summed E-state index contributed by atoms with van der Waals surface area (Å²) in [6.45, 7) is 6.07. The average molecular weight is 356 g/mol. The van der Waals surface area contributed by atoms with E-state index in [1.54, 1.807) is 11.8 Å². The number of rotatable bonds is 5. The quantitative estimate of drug-likeness (QED) is 0.883. The summed E-state index contributed by atoms with van der Waals surface area (Å²) in [6, 6.07) is 18.1. The maximum Gasteiger partial charge on any atom is 0.238 e. The molecule has 5 heteroatoms. The molecule has 1 saturated heterocycles. The van der Waals surface area contributed by atoms with Crippen LogP contribution in [0.3, 0.4) is 0 Å². The van der Waals surface area contributed by atoms with Gasteiger partial charge in [0, 0.05) is 22.9 Å². The molecule has 1 aliphatic heterocycles. The van der Waals surface area contributed by atoms with Crippen LogP contribution in [-0.2, 0) is 9.53 Å². The van der Waals surface area contributed by atoms with Crippen molar-refractivity contribution in [3.05, 3.63) is 54.6 Å². The first kappa shape index (κ1) is 18.0. The summed E-state index contributed by atoms with van der Waals surface area (Å²) in [4.78, 5) is 16.8. The number of anilines is 1. The van der Waals surface area contributed by atoms with Crippen molar-refractivity contribution in [2.75, 3.05) is 25.0 Å². The molecule has 3 rings (SSSR count). The first-order valence-corrected chi connectivity index (χ1v) is 9.41. The Morgan fingerprint density at radius 2 is 1.72 bits per heavy atom. The molecule has 2 aromatic carbocycles. The second-order valence-electron chi connectivity index (χ2n) is 6.41. The van der Waals surface area contributed by atoms with Crippen LogP contribution in [0.2, 0.25) is 0 Å². The minimum absolute atomic E-state index is 0.0161. The first-order chi connectivity index (χ1) is 12.1. The normalized spacial score (nSPS) is 21.0. The molecule has 0 aromatic heterocycles. The zero-order valence-electron chi connectivity index (χ0n) is 14.6. The lowest BCUT2D eigenvalue weighted by Crippen LogP contribution is -2.48. The van der Waals surface area contributed by atoms with E-state index in [1.807, 2.05) is 56.3 Å². The molecule has 2 atom stereocenters. The van der Waals surface area contributed by atoms with E-state index < -0.39 is 0 Å². The third-order valence-corrected chi connectivity index (χ3v) is 5.08. The Bertz CT molecular complexity index is 698. The summed E-state index contributed by atoms with van der Waals surface area (Å²) < 4.78 is 5.73. The van der Waals surface area contributed by atoms with Crippen molar-refractivity contribution in [2.45, 2.75) is 35.8 Å². The maximum atomic E-state index is 12.5. The fraction of sp³-hybridized carbons (Fsp3) is 0.350. The Morgan fingerprint density at radius 1 is 1.08 bits per heavy atom. The van der Waals surface area contributed by atoms with Crippen LogP contribution in [0, 0.1) is 0 Å². The number of hydrogen-bond acceptors (Lipinski definition) is 4. The number of carbonyl (C=O) groups is 1. The lowest BCUT2D eigenvalue weighted by molar-refractivity contribution is -0.121. The largest absolute Gasteiger partial charge is 0.373 e. The number of nitrogens with zero attached hydrogens (tertiary/aromatic N) is 1. The Labute approximate surface area is 153 Å². The highest BCUT2D eigenvalue weighted by atomic mass is 32.2. The number of amides is 1. The predicted molar refractivity (Wildman–Crippen MR) is 102 cm³/mol. The Hall–Kier alpha value is -1.82. The van der Waals surface area contributed by atoms with Gasteiger partial charge >= 0.3 is 0 Å². The van der Waals surface area contributed by atoms with Crippen LogP contribution < -0.4 is 5.32 Å². The number of nitrogens with one attached hydrogen (secondary N) is 1. The van der Waals surface area contributed by atoms with Crippen LogP contribution in [-0.4, -0.2) is 42.6 Å². The minimum Gasteiger partial charge on any atom is -0.373 e. The number of carbonyl (C=O) groups excluding carboxylic acids is 1. The van der Waals surface area contributed by atoms with Gasteiger partial charge in [-0.15, -0.1) is 0 Å². The van der Waals surface area contributed by atoms with E-state index in [1.165, 1.54) is 0 Å². The number of ether oxygens (including phenoxy) is 1. The number of para-hydroxylation sites is 1. The zero-order valence-corrected chi connectivity index (χ0v) is 15.5. The minimum atomic E-state index is 0.0161. The van der Waals surface area contributed by atoms with Gasteiger partial charge in [0.2, 0.25) is 5.91 Å². The molecule has 1 fully saturated rings. The lowest BCUT2D eigenvalue weighted by atomic mass is 10.2. The van der Waals surface area contributed by atoms with Crippen LogP contribution in [0.15, 0.2) is 64.4 Å². The van der Waals surface area contributed by atoms with Crippen LogP contribution in [0.4, 0.5) is 5.69 Å². The molecule has 4 nitrogen and oxygen atoms in total. The van der Waals surface area contributed by atoms with Gasteiger partial charge < -0.3 is 10.1 Å². The average Bonchev–Trinajstić information content (AvgIpc) is 2.56. The second-order valence-corrected chi connectivity index (χ2v) is 7.53. The van der Waals surface area contributed by atoms with Gasteiger partial charge in [-0.2, -0.15) is 0 Å². The summed E-state index contributed by atoms with van der Waals surface area (Å²) in [6.07, 6.45) is 0.329. The molecule has 132 valence electrons. The van der Waals surface area contributed by atoms with E-state index in [4.69, 9.17) is 4.74 Å². The summed E-state index contributed by atoms with van der Waals surface area (Å²) >= 11 is 1.65. The molecule has 1 amide bonds. The SMILES string of the molecule is C[C@@H]1CN(CC(=O)Nc2ccccc2Sc2ccccc2)C[C@@H](C)O1. The summed E-state index contributed by atoms with van der Waals surface area (Å²) in [5, 5.41) is 3.07. The van der Waals surface area contributed by atoms with Crippen molar-refractivity contribution in [1.82, 2.24) is 4.90 Å². The highest BCUT2D eigenvalue weighted by molar-refractivity contribution is 7.99. The standard InChI is InChI=1S/C20H24N2O2S/c1-15-12-22(13-16(2)24-15)14-20(23)21-18-10-6-7-11-19(18)25-17-8-4-3-5-9-17/h3-11,15-16H,12-14H2,1-2H3,(H,21,23)/t15-,16-/m1/s1. The van der Waals surface area contributed by atoms with Crippen molar-refractivity contribution in [3.63, 3.8) is 0 Å². The fourth-order valence-corrected chi connectivity index (χ4v) is 4.00. The molecule has 1 N–H and O–H groups in total. The van der Waals surface area contributed by atoms with Crippen molar-refractivity contribution < 1.29 is 9.53 Å². The van der Waals surface area contributed by atoms with Crippen LogP contribution in [0.25, 0.3) is 0 Å². The van der Waals surface area contributed by atoms with Crippen LogP contribution >= 0.6 is 11.8 Å². The first-order valence-electron chi connectivity index (χ1n) is 8.60. The third-order valence-electron chi connectivity index (χ3n) is 3.99. The molecule has 1 heterocycles. The van der Waals surface area contributed by atoms with E-state index in [9.17, 15) is 4.79 Å². The number of morpholine rings is 1. The van der Waals surface area contributed by atoms with E-state index in [0.29, 0.717) is 6.54 Å². The lowest BCUT2D eigenvalue weighted by Gasteiger charge is -2.34. The van der Waals surface area contributed by atoms with E-state index in [2.05, 4.69) is 22.3 Å². The molecular weight excluding hydrogens is 332 g/mol. The molecule has 0 aliphatic carbocycles. The molecule has 0 spiro atoms. The predicted octanol–water partition coefficient (Wildman–Crippen LogP) is 3.89. The van der Waals surface area contributed by atoms with Crippen molar-refractivity contribution in [3.8, 4) is 0 Å². The number of benzene rings is 2. The monoisotopic (exact) mass is 356 g/mol. The van der Waals surface area contributed by atoms with E-state index in [0.717, 1.165) is 28.6 Å². The third kappa shape index (κ3) is 5.33. The maximum absolute atomic E-state index is 12.5. The molecule has 2 aromatic rings.